The van der Waals surface area contributed by atoms with E-state index in [1.165, 1.54) is 23.9 Å². The number of nitro benzene ring substituents is 1. The highest BCUT2D eigenvalue weighted by Crippen LogP contribution is 2.46. The monoisotopic (exact) mass is 544 g/mol. The minimum Gasteiger partial charge on any atom is -0.478 e. The summed E-state index contributed by atoms with van der Waals surface area (Å²) in [6, 6.07) is 9.98. The molecule has 2 aromatic heterocycles. The third kappa shape index (κ3) is 4.98. The first-order valence-electron chi connectivity index (χ1n) is 11.0. The highest BCUT2D eigenvalue weighted by atomic mass is 35.5. The third-order valence-corrected chi connectivity index (χ3v) is 6.19. The molecule has 0 aliphatic rings. The molecule has 0 aliphatic heterocycles. The summed E-state index contributed by atoms with van der Waals surface area (Å²) in [5, 5.41) is 39.2. The molecular formula is C24H16ClF3N6O4. The number of carbonyl (C=O) groups is 1. The summed E-state index contributed by atoms with van der Waals surface area (Å²) in [4.78, 5) is 26.8. The van der Waals surface area contributed by atoms with Crippen LogP contribution in [0.5, 0.6) is 0 Å². The van der Waals surface area contributed by atoms with Gasteiger partial charge in [0.25, 0.3) is 5.69 Å². The van der Waals surface area contributed by atoms with Gasteiger partial charge in [-0.2, -0.15) is 18.4 Å². The predicted molar refractivity (Wildman–Crippen MR) is 129 cm³/mol. The van der Waals surface area contributed by atoms with E-state index in [0.29, 0.717) is 21.5 Å². The van der Waals surface area contributed by atoms with Crippen molar-refractivity contribution in [2.75, 3.05) is 0 Å². The Morgan fingerprint density at radius 1 is 1.29 bits per heavy atom. The first-order chi connectivity index (χ1) is 17.9. The maximum absolute atomic E-state index is 13.9. The summed E-state index contributed by atoms with van der Waals surface area (Å²) in [5.41, 5.74) is -1.86. The Hall–Kier alpha value is -4.57. The smallest absolute Gasteiger partial charge is 0.396 e. The normalized spacial score (nSPS) is 12.3. The second-order valence-electron chi connectivity index (χ2n) is 8.24. The molecule has 0 spiro atoms. The van der Waals surface area contributed by atoms with Crippen LogP contribution in [0.3, 0.4) is 0 Å². The average molecular weight is 545 g/mol. The highest BCUT2D eigenvalue weighted by Gasteiger charge is 2.45. The van der Waals surface area contributed by atoms with E-state index in [1.54, 1.807) is 18.2 Å². The van der Waals surface area contributed by atoms with Gasteiger partial charge in [0.05, 0.1) is 45.2 Å². The molecule has 0 aliphatic carbocycles. The molecule has 10 nitrogen and oxygen atoms in total. The number of hydrogen-bond acceptors (Lipinski definition) is 7. The van der Waals surface area contributed by atoms with E-state index in [4.69, 9.17) is 16.9 Å². The zero-order valence-corrected chi connectivity index (χ0v) is 20.2. The van der Waals surface area contributed by atoms with E-state index in [9.17, 15) is 33.2 Å². The number of nitrogens with zero attached hydrogens (tertiary/aromatic N) is 6. The summed E-state index contributed by atoms with van der Waals surface area (Å²) in [6.45, 7) is 1.25. The van der Waals surface area contributed by atoms with Gasteiger partial charge in [-0.15, -0.1) is 5.10 Å². The number of aromatic nitrogens is 4. The molecule has 0 bridgehead atoms. The summed E-state index contributed by atoms with van der Waals surface area (Å²) >= 11 is 6.19. The first-order valence-corrected chi connectivity index (χ1v) is 11.3. The zero-order valence-electron chi connectivity index (χ0n) is 19.4. The lowest BCUT2D eigenvalue weighted by Crippen LogP contribution is -2.23. The van der Waals surface area contributed by atoms with Gasteiger partial charge >= 0.3 is 12.1 Å². The van der Waals surface area contributed by atoms with Gasteiger partial charge in [-0.05, 0) is 30.2 Å². The lowest BCUT2D eigenvalue weighted by atomic mass is 9.86. The molecule has 4 aromatic rings. The van der Waals surface area contributed by atoms with Gasteiger partial charge in [0.1, 0.15) is 17.5 Å². The van der Waals surface area contributed by atoms with Crippen molar-refractivity contribution in [3.63, 3.8) is 0 Å². The lowest BCUT2D eigenvalue weighted by molar-refractivity contribution is -0.386. The van der Waals surface area contributed by atoms with Crippen molar-refractivity contribution in [1.82, 2.24) is 20.0 Å². The Kier molecular flexibility index (Phi) is 7.01. The molecule has 194 valence electrons. The van der Waals surface area contributed by atoms with E-state index < -0.39 is 51.8 Å². The van der Waals surface area contributed by atoms with Crippen LogP contribution in [0.25, 0.3) is 22.2 Å². The van der Waals surface area contributed by atoms with Crippen LogP contribution in [0.4, 0.5) is 18.9 Å². The van der Waals surface area contributed by atoms with Gasteiger partial charge in [-0.1, -0.05) is 35.9 Å². The van der Waals surface area contributed by atoms with Gasteiger partial charge in [-0.25, -0.2) is 14.5 Å². The largest absolute Gasteiger partial charge is 0.478 e. The second-order valence-corrected chi connectivity index (χ2v) is 8.65. The molecule has 0 saturated heterocycles. The number of carboxylic acid groups (broad SMARTS) is 1. The highest BCUT2D eigenvalue weighted by molar-refractivity contribution is 6.35. The fourth-order valence-electron chi connectivity index (χ4n) is 4.24. The lowest BCUT2D eigenvalue weighted by Gasteiger charge is -2.22. The molecule has 0 saturated carbocycles. The average Bonchev–Trinajstić information content (AvgIpc) is 3.30. The summed E-state index contributed by atoms with van der Waals surface area (Å²) in [5.74, 6) is -3.89. The fraction of sp³-hybridized carbons (Fsp3) is 0.208. The van der Waals surface area contributed by atoms with E-state index in [2.05, 4.69) is 15.3 Å². The Morgan fingerprint density at radius 3 is 2.63 bits per heavy atom. The third-order valence-electron chi connectivity index (χ3n) is 5.88. The van der Waals surface area contributed by atoms with Crippen LogP contribution in [0.15, 0.2) is 42.6 Å². The molecule has 0 fully saturated rings. The first kappa shape index (κ1) is 26.5. The molecule has 0 radical (unpaired) electrons. The minimum absolute atomic E-state index is 0.0438. The van der Waals surface area contributed by atoms with Crippen molar-refractivity contribution in [1.29, 1.82) is 5.26 Å². The standard InChI is InChI=1S/C24H16ClF3N6O4/c1-2-16(24(26,27)28)22-20(34(37)38)6-5-15(23(35)36)21(22)19-11-33(32-31-19)10-12-3-4-14-17(25)8-13(9-29)30-18(14)7-12/h3-8,11,16H,2,10H2,1H3,(H,35,36)/t16-/m0/s1. The molecule has 1 N–H and O–H groups in total. The number of pyridine rings is 1. The maximum Gasteiger partial charge on any atom is 0.396 e. The van der Waals surface area contributed by atoms with E-state index in [-0.39, 0.29) is 17.9 Å². The number of halogens is 4. The maximum atomic E-state index is 13.9. The van der Waals surface area contributed by atoms with E-state index in [1.807, 2.05) is 6.07 Å². The van der Waals surface area contributed by atoms with Crippen molar-refractivity contribution in [3.8, 4) is 17.3 Å². The Balaban J connectivity index is 1.84. The van der Waals surface area contributed by atoms with Crippen molar-refractivity contribution >= 4 is 34.2 Å². The number of carboxylic acids is 1. The number of rotatable bonds is 7. The fourth-order valence-corrected chi connectivity index (χ4v) is 4.50. The van der Waals surface area contributed by atoms with Crippen molar-refractivity contribution in [2.45, 2.75) is 32.0 Å². The van der Waals surface area contributed by atoms with Gasteiger partial charge < -0.3 is 5.11 Å². The topological polar surface area (TPSA) is 148 Å². The number of nitriles is 1. The molecule has 0 amide bonds. The molecule has 2 heterocycles. The summed E-state index contributed by atoms with van der Waals surface area (Å²) < 4.78 is 43.0. The number of alkyl halides is 3. The van der Waals surface area contributed by atoms with Crippen LogP contribution in [-0.4, -0.2) is 42.2 Å². The molecule has 0 unspecified atom stereocenters. The minimum atomic E-state index is -4.89. The number of nitro groups is 1. The van der Waals surface area contributed by atoms with Crippen LogP contribution < -0.4 is 0 Å². The van der Waals surface area contributed by atoms with Gasteiger partial charge in [0.15, 0.2) is 0 Å². The van der Waals surface area contributed by atoms with Crippen LogP contribution in [0, 0.1) is 21.4 Å². The molecule has 4 rings (SSSR count). The summed E-state index contributed by atoms with van der Waals surface area (Å²) in [7, 11) is 0. The predicted octanol–water partition coefficient (Wildman–Crippen LogP) is 5.73. The second kappa shape index (κ2) is 10.1. The van der Waals surface area contributed by atoms with Gasteiger partial charge in [0, 0.05) is 17.0 Å². The SMILES string of the molecule is CC[C@@H](c1c([N+](=O)[O-])ccc(C(=O)O)c1-c1cn(Cc2ccc3c(Cl)cc(C#N)nc3c2)nn1)C(F)(F)F. The van der Waals surface area contributed by atoms with E-state index in [0.717, 1.165) is 12.1 Å². The number of benzene rings is 2. The Bertz CT molecular complexity index is 1630. The van der Waals surface area contributed by atoms with Gasteiger partial charge in [-0.3, -0.25) is 10.1 Å². The van der Waals surface area contributed by atoms with Crippen molar-refractivity contribution in [2.24, 2.45) is 0 Å². The van der Waals surface area contributed by atoms with Crippen LogP contribution in [-0.2, 0) is 6.54 Å². The molecule has 1 atom stereocenters. The number of hydrogen-bond donors (Lipinski definition) is 1. The Morgan fingerprint density at radius 2 is 2.03 bits per heavy atom. The quantitative estimate of drug-likeness (QED) is 0.229. The molecule has 38 heavy (non-hydrogen) atoms. The zero-order chi connectivity index (χ0) is 27.8. The molecular weight excluding hydrogens is 529 g/mol. The van der Waals surface area contributed by atoms with Crippen LogP contribution in [0.1, 0.15) is 46.4 Å². The van der Waals surface area contributed by atoms with E-state index >= 15 is 0 Å². The molecule has 2 aromatic carbocycles. The van der Waals surface area contributed by atoms with Gasteiger partial charge in [0.2, 0.25) is 0 Å². The van der Waals surface area contributed by atoms with Crippen molar-refractivity contribution < 1.29 is 28.0 Å². The van der Waals surface area contributed by atoms with Crippen LogP contribution >= 0.6 is 11.6 Å². The number of aromatic carboxylic acids is 1. The Labute approximate surface area is 217 Å². The molecule has 14 heteroatoms. The summed E-state index contributed by atoms with van der Waals surface area (Å²) in [6.07, 6.45) is -4.23. The number of fused-ring (bicyclic) bond motifs is 1. The van der Waals surface area contributed by atoms with Crippen molar-refractivity contribution in [3.05, 3.63) is 80.1 Å². The van der Waals surface area contributed by atoms with Crippen LogP contribution in [0.2, 0.25) is 5.02 Å².